The van der Waals surface area contributed by atoms with E-state index in [9.17, 15) is 4.79 Å². The highest BCUT2D eigenvalue weighted by atomic mass is 79.9. The van der Waals surface area contributed by atoms with Crippen LogP contribution in [0.15, 0.2) is 22.7 Å². The molecule has 0 heterocycles. The van der Waals surface area contributed by atoms with Gasteiger partial charge in [-0.25, -0.2) is 0 Å². The third kappa shape index (κ3) is 6.41. The van der Waals surface area contributed by atoms with E-state index >= 15 is 0 Å². The summed E-state index contributed by atoms with van der Waals surface area (Å²) in [5.41, 5.74) is 6.70. The van der Waals surface area contributed by atoms with Crippen molar-refractivity contribution in [2.45, 2.75) is 39.7 Å². The number of amides is 1. The van der Waals surface area contributed by atoms with Crippen molar-refractivity contribution in [1.82, 2.24) is 0 Å². The lowest BCUT2D eigenvalue weighted by atomic mass is 9.87. The predicted octanol–water partition coefficient (Wildman–Crippen LogP) is 4.19. The molecule has 0 aromatic heterocycles. The van der Waals surface area contributed by atoms with E-state index in [0.29, 0.717) is 17.1 Å². The summed E-state index contributed by atoms with van der Waals surface area (Å²) in [4.78, 5) is 11.9. The second-order valence-electron chi connectivity index (χ2n) is 5.90. The van der Waals surface area contributed by atoms with Crippen LogP contribution in [0.4, 0.5) is 5.69 Å². The van der Waals surface area contributed by atoms with Gasteiger partial charge >= 0.3 is 0 Å². The average Bonchev–Trinajstić information content (AvgIpc) is 2.20. The summed E-state index contributed by atoms with van der Waals surface area (Å²) in [6.07, 6.45) is 1.09. The Labute approximate surface area is 128 Å². The van der Waals surface area contributed by atoms with E-state index in [1.54, 1.807) is 12.1 Å². The number of carbonyl (C=O) groups excluding carboxylic acids is 1. The van der Waals surface area contributed by atoms with E-state index in [2.05, 4.69) is 42.0 Å². The monoisotopic (exact) mass is 346 g/mol. The second-order valence-corrected chi connectivity index (χ2v) is 7.22. The van der Waals surface area contributed by atoms with Crippen LogP contribution in [0.25, 0.3) is 0 Å². The summed E-state index contributed by atoms with van der Waals surface area (Å²) in [7, 11) is 0. The topological polar surface area (TPSA) is 55.1 Å². The lowest BCUT2D eigenvalue weighted by Crippen LogP contribution is -2.31. The highest BCUT2D eigenvalue weighted by Crippen LogP contribution is 2.26. The van der Waals surface area contributed by atoms with E-state index in [4.69, 9.17) is 17.3 Å². The lowest BCUT2D eigenvalue weighted by molar-refractivity contribution is -0.116. The highest BCUT2D eigenvalue weighted by Gasteiger charge is 2.18. The van der Waals surface area contributed by atoms with Gasteiger partial charge in [0.2, 0.25) is 5.91 Å². The molecule has 3 N–H and O–H groups in total. The summed E-state index contributed by atoms with van der Waals surface area (Å²) in [5.74, 6) is -0.114. The number of hydrogen-bond donors (Lipinski definition) is 2. The first-order chi connectivity index (χ1) is 8.67. The third-order valence-corrected chi connectivity index (χ3v) is 3.35. The summed E-state index contributed by atoms with van der Waals surface area (Å²) in [6, 6.07) is 5.18. The van der Waals surface area contributed by atoms with Gasteiger partial charge in [-0.2, -0.15) is 0 Å². The Balaban J connectivity index is 2.58. The third-order valence-electron chi connectivity index (χ3n) is 2.52. The molecule has 1 unspecified atom stereocenters. The minimum atomic E-state index is -0.147. The zero-order valence-corrected chi connectivity index (χ0v) is 13.8. The number of benzene rings is 1. The number of hydrogen-bond acceptors (Lipinski definition) is 2. The van der Waals surface area contributed by atoms with Crippen LogP contribution in [0, 0.1) is 5.41 Å². The molecule has 1 amide bonds. The number of halogens is 2. The normalized spacial score (nSPS) is 13.2. The second kappa shape index (κ2) is 6.73. The molecule has 3 nitrogen and oxygen atoms in total. The fraction of sp³-hybridized carbons (Fsp3) is 0.500. The van der Waals surface area contributed by atoms with E-state index in [1.807, 2.05) is 6.07 Å². The number of rotatable bonds is 4. The standard InChI is InChI=1S/C14H20BrClN2O/c1-14(2,3)8-10(17)7-13(19)18-12-6-9(15)4-5-11(12)16/h4-6,10H,7-8,17H2,1-3H3,(H,18,19). The fourth-order valence-electron chi connectivity index (χ4n) is 1.89. The van der Waals surface area contributed by atoms with Crippen molar-refractivity contribution >= 4 is 39.1 Å². The smallest absolute Gasteiger partial charge is 0.225 e. The Hall–Kier alpha value is -0.580. The molecular weight excluding hydrogens is 328 g/mol. The van der Waals surface area contributed by atoms with E-state index < -0.39 is 0 Å². The summed E-state index contributed by atoms with van der Waals surface area (Å²) >= 11 is 9.36. The molecule has 0 bridgehead atoms. The molecule has 1 aromatic carbocycles. The SMILES string of the molecule is CC(C)(C)CC(N)CC(=O)Nc1cc(Br)ccc1Cl. The van der Waals surface area contributed by atoms with E-state index in [1.165, 1.54) is 0 Å². The minimum Gasteiger partial charge on any atom is -0.327 e. The molecule has 1 rings (SSSR count). The van der Waals surface area contributed by atoms with Crippen molar-refractivity contribution in [3.05, 3.63) is 27.7 Å². The minimum absolute atomic E-state index is 0.114. The summed E-state index contributed by atoms with van der Waals surface area (Å²) in [6.45, 7) is 6.32. The Morgan fingerprint density at radius 1 is 1.47 bits per heavy atom. The number of nitrogens with one attached hydrogen (secondary N) is 1. The van der Waals surface area contributed by atoms with Crippen LogP contribution < -0.4 is 11.1 Å². The Kier molecular flexibility index (Phi) is 5.83. The van der Waals surface area contributed by atoms with Crippen molar-refractivity contribution in [3.8, 4) is 0 Å². The van der Waals surface area contributed by atoms with Crippen molar-refractivity contribution in [2.75, 3.05) is 5.32 Å². The maximum absolute atomic E-state index is 11.9. The quantitative estimate of drug-likeness (QED) is 0.858. The molecule has 0 spiro atoms. The molecule has 0 radical (unpaired) electrons. The molecule has 1 aromatic rings. The molecule has 106 valence electrons. The zero-order chi connectivity index (χ0) is 14.6. The first kappa shape index (κ1) is 16.5. The molecule has 0 saturated carbocycles. The van der Waals surface area contributed by atoms with Crippen molar-refractivity contribution in [3.63, 3.8) is 0 Å². The molecule has 0 aliphatic carbocycles. The number of nitrogens with two attached hydrogens (primary N) is 1. The number of anilines is 1. The van der Waals surface area contributed by atoms with Gasteiger partial charge < -0.3 is 11.1 Å². The summed E-state index contributed by atoms with van der Waals surface area (Å²) < 4.78 is 0.867. The van der Waals surface area contributed by atoms with Crippen LogP contribution >= 0.6 is 27.5 Å². The summed E-state index contributed by atoms with van der Waals surface area (Å²) in [5, 5.41) is 3.30. The molecule has 0 fully saturated rings. The van der Waals surface area contributed by atoms with Crippen LogP contribution in [0.3, 0.4) is 0 Å². The Morgan fingerprint density at radius 2 is 2.11 bits per heavy atom. The molecule has 0 saturated heterocycles. The van der Waals surface area contributed by atoms with Gasteiger partial charge in [-0.1, -0.05) is 48.3 Å². The first-order valence-corrected chi connectivity index (χ1v) is 7.35. The first-order valence-electron chi connectivity index (χ1n) is 6.18. The molecule has 0 aliphatic heterocycles. The van der Waals surface area contributed by atoms with E-state index in [0.717, 1.165) is 10.9 Å². The Bertz CT molecular complexity index is 457. The zero-order valence-electron chi connectivity index (χ0n) is 11.5. The van der Waals surface area contributed by atoms with Crippen molar-refractivity contribution in [1.29, 1.82) is 0 Å². The van der Waals surface area contributed by atoms with Gasteiger partial charge in [-0.3, -0.25) is 4.79 Å². The highest BCUT2D eigenvalue weighted by molar-refractivity contribution is 9.10. The van der Waals surface area contributed by atoms with Crippen LogP contribution in [0.1, 0.15) is 33.6 Å². The van der Waals surface area contributed by atoms with Gasteiger partial charge in [0, 0.05) is 16.9 Å². The maximum atomic E-state index is 11.9. The van der Waals surface area contributed by atoms with Crippen molar-refractivity contribution < 1.29 is 4.79 Å². The Morgan fingerprint density at radius 3 is 2.68 bits per heavy atom. The maximum Gasteiger partial charge on any atom is 0.225 e. The molecule has 0 aliphatic rings. The largest absolute Gasteiger partial charge is 0.327 e. The number of carbonyl (C=O) groups is 1. The lowest BCUT2D eigenvalue weighted by Gasteiger charge is -2.22. The molecule has 19 heavy (non-hydrogen) atoms. The van der Waals surface area contributed by atoms with Gasteiger partial charge in [-0.05, 0) is 30.0 Å². The van der Waals surface area contributed by atoms with Gasteiger partial charge in [0.1, 0.15) is 0 Å². The molecular formula is C14H20BrClN2O. The van der Waals surface area contributed by atoms with Gasteiger partial charge in [0.25, 0.3) is 0 Å². The predicted molar refractivity (Wildman–Crippen MR) is 84.4 cm³/mol. The van der Waals surface area contributed by atoms with Crippen LogP contribution in [-0.2, 0) is 4.79 Å². The van der Waals surface area contributed by atoms with E-state index in [-0.39, 0.29) is 17.4 Å². The van der Waals surface area contributed by atoms with Crippen molar-refractivity contribution in [2.24, 2.45) is 11.1 Å². The van der Waals surface area contributed by atoms with Gasteiger partial charge in [0.15, 0.2) is 0 Å². The molecule has 1 atom stereocenters. The van der Waals surface area contributed by atoms with Gasteiger partial charge in [0.05, 0.1) is 10.7 Å². The fourth-order valence-corrected chi connectivity index (χ4v) is 2.42. The van der Waals surface area contributed by atoms with Crippen LogP contribution in [0.2, 0.25) is 5.02 Å². The van der Waals surface area contributed by atoms with Crippen LogP contribution in [0.5, 0.6) is 0 Å². The average molecular weight is 348 g/mol. The van der Waals surface area contributed by atoms with Crippen LogP contribution in [-0.4, -0.2) is 11.9 Å². The molecule has 5 heteroatoms. The van der Waals surface area contributed by atoms with Gasteiger partial charge in [-0.15, -0.1) is 0 Å².